The molecule has 0 bridgehead atoms. The summed E-state index contributed by atoms with van der Waals surface area (Å²) in [4.78, 5) is 32.6. The standard InChI is InChI=1S/C18H21N3O4/c1-25-13-7-5-12(6-8-13)3-2-4-17(22)21-10-15-14(19-11-20-15)9-16(21)18(23)24/h5-8,11,16H,2-4,9-10H2,1H3,(H,19,20)(H,23,24). The summed E-state index contributed by atoms with van der Waals surface area (Å²) >= 11 is 0. The van der Waals surface area contributed by atoms with Crippen LogP contribution < -0.4 is 4.74 Å². The maximum absolute atomic E-state index is 12.5. The van der Waals surface area contributed by atoms with Gasteiger partial charge in [0.1, 0.15) is 11.8 Å². The zero-order valence-corrected chi connectivity index (χ0v) is 14.1. The fourth-order valence-electron chi connectivity index (χ4n) is 3.10. The van der Waals surface area contributed by atoms with Crippen molar-refractivity contribution in [2.45, 2.75) is 38.3 Å². The quantitative estimate of drug-likeness (QED) is 0.833. The van der Waals surface area contributed by atoms with Gasteiger partial charge in [0, 0.05) is 12.8 Å². The molecule has 3 rings (SSSR count). The highest BCUT2D eigenvalue weighted by atomic mass is 16.5. The molecule has 2 heterocycles. The third kappa shape index (κ3) is 3.81. The Balaban J connectivity index is 1.58. The molecule has 0 radical (unpaired) electrons. The molecule has 2 N–H and O–H groups in total. The molecule has 0 aliphatic carbocycles. The van der Waals surface area contributed by atoms with Crippen LogP contribution >= 0.6 is 0 Å². The van der Waals surface area contributed by atoms with E-state index >= 15 is 0 Å². The predicted molar refractivity (Wildman–Crippen MR) is 90.2 cm³/mol. The number of rotatable bonds is 6. The first-order valence-electron chi connectivity index (χ1n) is 8.25. The molecule has 0 saturated carbocycles. The summed E-state index contributed by atoms with van der Waals surface area (Å²) in [6, 6.07) is 6.89. The van der Waals surface area contributed by atoms with Gasteiger partial charge in [-0.15, -0.1) is 0 Å². The number of aromatic amines is 1. The van der Waals surface area contributed by atoms with Crippen LogP contribution in [-0.4, -0.2) is 45.0 Å². The Kier molecular flexibility index (Phi) is 5.02. The number of nitrogens with one attached hydrogen (secondary N) is 1. The van der Waals surface area contributed by atoms with Gasteiger partial charge in [0.15, 0.2) is 0 Å². The molecule has 1 aliphatic heterocycles. The summed E-state index contributed by atoms with van der Waals surface area (Å²) < 4.78 is 5.12. The van der Waals surface area contributed by atoms with E-state index in [1.54, 1.807) is 13.4 Å². The lowest BCUT2D eigenvalue weighted by Crippen LogP contribution is -2.48. The number of hydrogen-bond acceptors (Lipinski definition) is 4. The number of H-pyrrole nitrogens is 1. The van der Waals surface area contributed by atoms with E-state index in [2.05, 4.69) is 9.97 Å². The number of aliphatic carboxylic acids is 1. The van der Waals surface area contributed by atoms with Crippen LogP contribution in [0.3, 0.4) is 0 Å². The molecular formula is C18H21N3O4. The number of methoxy groups -OCH3 is 1. The number of hydrogen-bond donors (Lipinski definition) is 2. The number of fused-ring (bicyclic) bond motifs is 1. The molecule has 7 nitrogen and oxygen atoms in total. The fourth-order valence-corrected chi connectivity index (χ4v) is 3.10. The van der Waals surface area contributed by atoms with Gasteiger partial charge in [0.05, 0.1) is 31.4 Å². The monoisotopic (exact) mass is 343 g/mol. The minimum absolute atomic E-state index is 0.138. The molecule has 0 spiro atoms. The largest absolute Gasteiger partial charge is 0.497 e. The third-order valence-electron chi connectivity index (χ3n) is 4.52. The van der Waals surface area contributed by atoms with E-state index in [0.717, 1.165) is 29.1 Å². The number of aromatic nitrogens is 2. The predicted octanol–water partition coefficient (Wildman–Crippen LogP) is 1.78. The van der Waals surface area contributed by atoms with E-state index < -0.39 is 12.0 Å². The highest BCUT2D eigenvalue weighted by Crippen LogP contribution is 2.22. The Morgan fingerprint density at radius 1 is 1.36 bits per heavy atom. The number of benzene rings is 1. The lowest BCUT2D eigenvalue weighted by molar-refractivity contribution is -0.151. The van der Waals surface area contributed by atoms with Crippen LogP contribution in [0, 0.1) is 0 Å². The lowest BCUT2D eigenvalue weighted by Gasteiger charge is -2.32. The van der Waals surface area contributed by atoms with Gasteiger partial charge in [-0.3, -0.25) is 4.79 Å². The van der Waals surface area contributed by atoms with Crippen LogP contribution in [0.15, 0.2) is 30.6 Å². The van der Waals surface area contributed by atoms with Gasteiger partial charge in [-0.25, -0.2) is 9.78 Å². The number of carbonyl (C=O) groups excluding carboxylic acids is 1. The zero-order chi connectivity index (χ0) is 17.8. The van der Waals surface area contributed by atoms with Gasteiger partial charge in [-0.2, -0.15) is 0 Å². The Morgan fingerprint density at radius 2 is 2.12 bits per heavy atom. The first-order chi connectivity index (χ1) is 12.1. The highest BCUT2D eigenvalue weighted by molar-refractivity contribution is 5.84. The number of imidazole rings is 1. The van der Waals surface area contributed by atoms with E-state index in [-0.39, 0.29) is 18.9 Å². The average molecular weight is 343 g/mol. The lowest BCUT2D eigenvalue weighted by atomic mass is 10.0. The molecule has 0 saturated heterocycles. The second-order valence-corrected chi connectivity index (χ2v) is 6.11. The van der Waals surface area contributed by atoms with Crippen molar-refractivity contribution in [2.75, 3.05) is 7.11 Å². The van der Waals surface area contributed by atoms with Crippen LogP contribution in [0.2, 0.25) is 0 Å². The fraction of sp³-hybridized carbons (Fsp3) is 0.389. The maximum Gasteiger partial charge on any atom is 0.326 e. The third-order valence-corrected chi connectivity index (χ3v) is 4.52. The number of carboxylic acid groups (broad SMARTS) is 1. The molecule has 1 aliphatic rings. The highest BCUT2D eigenvalue weighted by Gasteiger charge is 2.35. The molecule has 1 aromatic carbocycles. The average Bonchev–Trinajstić information content (AvgIpc) is 3.08. The van der Waals surface area contributed by atoms with Crippen molar-refractivity contribution in [3.63, 3.8) is 0 Å². The normalized spacial score (nSPS) is 16.4. The number of ether oxygens (including phenoxy) is 1. The van der Waals surface area contributed by atoms with E-state index in [9.17, 15) is 14.7 Å². The molecule has 1 unspecified atom stereocenters. The van der Waals surface area contributed by atoms with Crippen LogP contribution in [0.1, 0.15) is 29.8 Å². The molecule has 7 heteroatoms. The smallest absolute Gasteiger partial charge is 0.326 e. The summed E-state index contributed by atoms with van der Waals surface area (Å²) in [6.07, 6.45) is 3.54. The number of amides is 1. The molecule has 0 fully saturated rings. The molecule has 1 amide bonds. The van der Waals surface area contributed by atoms with E-state index in [1.807, 2.05) is 24.3 Å². The zero-order valence-electron chi connectivity index (χ0n) is 14.1. The Bertz CT molecular complexity index is 754. The molecule has 132 valence electrons. The van der Waals surface area contributed by atoms with Crippen LogP contribution in [0.25, 0.3) is 0 Å². The topological polar surface area (TPSA) is 95.5 Å². The summed E-state index contributed by atoms with van der Waals surface area (Å²) in [5.74, 6) is -0.328. The van der Waals surface area contributed by atoms with Gasteiger partial charge in [-0.05, 0) is 30.5 Å². The van der Waals surface area contributed by atoms with Crippen molar-refractivity contribution in [1.82, 2.24) is 14.9 Å². The van der Waals surface area contributed by atoms with E-state index in [0.29, 0.717) is 12.8 Å². The number of carbonyl (C=O) groups is 2. The first-order valence-corrected chi connectivity index (χ1v) is 8.25. The van der Waals surface area contributed by atoms with E-state index in [4.69, 9.17) is 4.74 Å². The van der Waals surface area contributed by atoms with Gasteiger partial charge >= 0.3 is 5.97 Å². The van der Waals surface area contributed by atoms with E-state index in [1.165, 1.54) is 4.90 Å². The summed E-state index contributed by atoms with van der Waals surface area (Å²) in [5, 5.41) is 9.43. The van der Waals surface area contributed by atoms with Gasteiger partial charge in [0.2, 0.25) is 5.91 Å². The Labute approximate surface area is 145 Å². The van der Waals surface area contributed by atoms with Crippen molar-refractivity contribution in [3.8, 4) is 5.75 Å². The molecule has 1 aromatic heterocycles. The number of aryl methyl sites for hydroxylation is 1. The number of nitrogens with zero attached hydrogens (tertiary/aromatic N) is 2. The van der Waals surface area contributed by atoms with Crippen molar-refractivity contribution in [3.05, 3.63) is 47.5 Å². The second kappa shape index (κ2) is 7.38. The van der Waals surface area contributed by atoms with Crippen molar-refractivity contribution < 1.29 is 19.4 Å². The van der Waals surface area contributed by atoms with Crippen LogP contribution in [-0.2, 0) is 29.0 Å². The minimum atomic E-state index is -0.989. The number of carboxylic acids is 1. The maximum atomic E-state index is 12.5. The van der Waals surface area contributed by atoms with Gasteiger partial charge in [-0.1, -0.05) is 12.1 Å². The summed E-state index contributed by atoms with van der Waals surface area (Å²) in [7, 11) is 1.62. The van der Waals surface area contributed by atoms with Crippen LogP contribution in [0.5, 0.6) is 5.75 Å². The van der Waals surface area contributed by atoms with Gasteiger partial charge < -0.3 is 19.7 Å². The molecular weight excluding hydrogens is 322 g/mol. The first kappa shape index (κ1) is 17.0. The van der Waals surface area contributed by atoms with Crippen molar-refractivity contribution in [2.24, 2.45) is 0 Å². The summed E-state index contributed by atoms with van der Waals surface area (Å²) in [6.45, 7) is 0.271. The van der Waals surface area contributed by atoms with Crippen molar-refractivity contribution in [1.29, 1.82) is 0 Å². The second-order valence-electron chi connectivity index (χ2n) is 6.11. The Hall–Kier alpha value is -2.83. The summed E-state index contributed by atoms with van der Waals surface area (Å²) in [5.41, 5.74) is 2.67. The molecule has 2 aromatic rings. The molecule has 1 atom stereocenters. The minimum Gasteiger partial charge on any atom is -0.497 e. The SMILES string of the molecule is COc1ccc(CCCC(=O)N2Cc3[nH]cnc3CC2C(=O)O)cc1. The van der Waals surface area contributed by atoms with Crippen molar-refractivity contribution >= 4 is 11.9 Å². The van der Waals surface area contributed by atoms with Crippen LogP contribution in [0.4, 0.5) is 0 Å². The Morgan fingerprint density at radius 3 is 2.80 bits per heavy atom. The van der Waals surface area contributed by atoms with Gasteiger partial charge in [0.25, 0.3) is 0 Å². The molecule has 25 heavy (non-hydrogen) atoms.